The Morgan fingerprint density at radius 2 is 1.39 bits per heavy atom. The average Bonchev–Trinajstić information content (AvgIpc) is 2.65. The second-order valence-corrected chi connectivity index (χ2v) is 11.9. The zero-order valence-corrected chi connectivity index (χ0v) is 20.4. The molecule has 31 heavy (non-hydrogen) atoms. The molecule has 3 N–H and O–H groups in total. The van der Waals surface area contributed by atoms with Gasteiger partial charge in [-0.3, -0.25) is 0 Å². The Morgan fingerprint density at radius 1 is 0.871 bits per heavy atom. The van der Waals surface area contributed by atoms with Crippen LogP contribution in [0.15, 0.2) is 40.1 Å². The van der Waals surface area contributed by atoms with Crippen LogP contribution in [0.1, 0.15) is 81.5 Å². The van der Waals surface area contributed by atoms with Crippen LogP contribution >= 0.6 is 0 Å². The summed E-state index contributed by atoms with van der Waals surface area (Å²) in [5, 5.41) is 5.04. The van der Waals surface area contributed by atoms with E-state index in [4.69, 9.17) is 5.14 Å². The van der Waals surface area contributed by atoms with Gasteiger partial charge in [0.15, 0.2) is 0 Å². The predicted molar refractivity (Wildman–Crippen MR) is 121 cm³/mol. The molecule has 0 aliphatic heterocycles. The van der Waals surface area contributed by atoms with Crippen LogP contribution in [0.3, 0.4) is 0 Å². The quantitative estimate of drug-likeness (QED) is 0.599. The number of halogens is 1. The highest BCUT2D eigenvalue weighted by atomic mass is 32.2. The number of nitrogens with two attached hydrogens (primary N) is 1. The van der Waals surface area contributed by atoms with Gasteiger partial charge < -0.3 is 0 Å². The first-order valence-electron chi connectivity index (χ1n) is 10.1. The fourth-order valence-corrected chi connectivity index (χ4v) is 5.69. The zero-order valence-electron chi connectivity index (χ0n) is 18.7. The predicted octanol–water partition coefficient (Wildman–Crippen LogP) is 4.32. The minimum absolute atomic E-state index is 0.0254. The monoisotopic (exact) mass is 470 g/mol. The van der Waals surface area contributed by atoms with Crippen LogP contribution in [-0.4, -0.2) is 16.8 Å². The van der Waals surface area contributed by atoms with Crippen molar-refractivity contribution in [3.63, 3.8) is 0 Å². The molecule has 2 aromatic rings. The van der Waals surface area contributed by atoms with E-state index in [-0.39, 0.29) is 34.8 Å². The first-order valence-corrected chi connectivity index (χ1v) is 13.2. The Kier molecular flexibility index (Phi) is 7.68. The lowest BCUT2D eigenvalue weighted by atomic mass is 9.89. The maximum Gasteiger partial charge on any atom is 0.241 e. The van der Waals surface area contributed by atoms with E-state index < -0.39 is 30.8 Å². The molecule has 0 unspecified atom stereocenters. The van der Waals surface area contributed by atoms with Crippen molar-refractivity contribution in [3.05, 3.63) is 58.4 Å². The second-order valence-electron chi connectivity index (χ2n) is 8.63. The molecule has 0 spiro atoms. The van der Waals surface area contributed by atoms with Gasteiger partial charge in [-0.05, 0) is 52.1 Å². The van der Waals surface area contributed by atoms with Crippen LogP contribution in [-0.2, 0) is 26.6 Å². The van der Waals surface area contributed by atoms with Crippen molar-refractivity contribution in [1.29, 1.82) is 0 Å². The smallest absolute Gasteiger partial charge is 0.225 e. The van der Waals surface area contributed by atoms with Gasteiger partial charge in [-0.15, -0.1) is 0 Å². The summed E-state index contributed by atoms with van der Waals surface area (Å²) in [5.41, 5.74) is 2.81. The number of benzene rings is 2. The third-order valence-corrected chi connectivity index (χ3v) is 7.58. The van der Waals surface area contributed by atoms with Gasteiger partial charge in [-0.2, -0.15) is 0 Å². The number of hydrogen-bond acceptors (Lipinski definition) is 4. The summed E-state index contributed by atoms with van der Waals surface area (Å²) in [7, 11) is -8.20. The maximum atomic E-state index is 13.8. The number of sulfonamides is 2. The van der Waals surface area contributed by atoms with Crippen molar-refractivity contribution >= 4 is 20.0 Å². The van der Waals surface area contributed by atoms with Crippen LogP contribution < -0.4 is 9.86 Å². The third-order valence-electron chi connectivity index (χ3n) is 5.12. The normalized spacial score (nSPS) is 12.9. The van der Waals surface area contributed by atoms with Crippen LogP contribution in [0.5, 0.6) is 0 Å². The standard InChI is InChI=1S/C22H31FN2O4S2/c1-13(2)17-10-18(14(3)4)22(19(11-17)15(5)6)31(28,29)25-12-16-7-8-20(23)21(9-16)30(24,26)27/h7-11,13-15,25H,12H2,1-6H3,(H2,24,26,27). The highest BCUT2D eigenvalue weighted by Crippen LogP contribution is 2.35. The fourth-order valence-electron chi connectivity index (χ4n) is 3.33. The molecule has 0 fully saturated rings. The number of nitrogens with one attached hydrogen (secondary N) is 1. The molecule has 0 aliphatic carbocycles. The molecule has 2 rings (SSSR count). The summed E-state index contributed by atoms with van der Waals surface area (Å²) in [4.78, 5) is -0.424. The summed E-state index contributed by atoms with van der Waals surface area (Å²) in [6.45, 7) is 11.7. The fraction of sp³-hybridized carbons (Fsp3) is 0.455. The highest BCUT2D eigenvalue weighted by molar-refractivity contribution is 7.89. The lowest BCUT2D eigenvalue weighted by Crippen LogP contribution is -2.26. The van der Waals surface area contributed by atoms with Crippen molar-refractivity contribution < 1.29 is 21.2 Å². The summed E-state index contributed by atoms with van der Waals surface area (Å²) in [5.74, 6) is -0.789. The minimum Gasteiger partial charge on any atom is -0.225 e. The SMILES string of the molecule is CC(C)c1cc(C(C)C)c(S(=O)(=O)NCc2ccc(F)c(S(N)(=O)=O)c2)c(C(C)C)c1. The van der Waals surface area contributed by atoms with E-state index >= 15 is 0 Å². The Hall–Kier alpha value is -1.81. The Labute approximate surface area is 185 Å². The Morgan fingerprint density at radius 3 is 1.81 bits per heavy atom. The first-order chi connectivity index (χ1) is 14.1. The summed E-state index contributed by atoms with van der Waals surface area (Å²) >= 11 is 0. The highest BCUT2D eigenvalue weighted by Gasteiger charge is 2.27. The molecule has 2 aromatic carbocycles. The number of hydrogen-bond donors (Lipinski definition) is 2. The zero-order chi connectivity index (χ0) is 23.7. The van der Waals surface area contributed by atoms with Crippen molar-refractivity contribution in [3.8, 4) is 0 Å². The van der Waals surface area contributed by atoms with E-state index in [0.29, 0.717) is 0 Å². The van der Waals surface area contributed by atoms with Crippen molar-refractivity contribution in [2.45, 2.75) is 75.6 Å². The molecular formula is C22H31FN2O4S2. The molecule has 0 atom stereocenters. The van der Waals surface area contributed by atoms with E-state index in [1.165, 1.54) is 6.07 Å². The lowest BCUT2D eigenvalue weighted by molar-refractivity contribution is 0.566. The van der Waals surface area contributed by atoms with Gasteiger partial charge >= 0.3 is 0 Å². The maximum absolute atomic E-state index is 13.8. The van der Waals surface area contributed by atoms with E-state index in [0.717, 1.165) is 28.8 Å². The summed E-state index contributed by atoms with van der Waals surface area (Å²) < 4.78 is 66.2. The average molecular weight is 471 g/mol. The molecular weight excluding hydrogens is 439 g/mol. The Bertz CT molecular complexity index is 1140. The van der Waals surface area contributed by atoms with Crippen LogP contribution in [0.4, 0.5) is 4.39 Å². The largest absolute Gasteiger partial charge is 0.241 e. The molecule has 6 nitrogen and oxygen atoms in total. The Balaban J connectivity index is 2.53. The van der Waals surface area contributed by atoms with E-state index in [1.54, 1.807) is 0 Å². The van der Waals surface area contributed by atoms with Crippen molar-refractivity contribution in [1.82, 2.24) is 4.72 Å². The van der Waals surface area contributed by atoms with Crippen LogP contribution in [0.2, 0.25) is 0 Å². The summed E-state index contributed by atoms with van der Waals surface area (Å²) in [6.07, 6.45) is 0. The van der Waals surface area contributed by atoms with Gasteiger partial charge in [0.05, 0.1) is 4.90 Å². The molecule has 0 radical (unpaired) electrons. The van der Waals surface area contributed by atoms with Gasteiger partial charge in [0.1, 0.15) is 10.7 Å². The van der Waals surface area contributed by atoms with Gasteiger partial charge in [-0.25, -0.2) is 31.1 Å². The third kappa shape index (κ3) is 5.91. The molecule has 0 heterocycles. The van der Waals surface area contributed by atoms with Gasteiger partial charge in [0.25, 0.3) is 0 Å². The lowest BCUT2D eigenvalue weighted by Gasteiger charge is -2.23. The van der Waals surface area contributed by atoms with Crippen molar-refractivity contribution in [2.24, 2.45) is 5.14 Å². The topological polar surface area (TPSA) is 106 Å². The number of primary sulfonamides is 1. The van der Waals surface area contributed by atoms with Gasteiger partial charge in [-0.1, -0.05) is 59.7 Å². The minimum atomic E-state index is -4.26. The molecule has 0 saturated carbocycles. The molecule has 0 aromatic heterocycles. The van der Waals surface area contributed by atoms with Crippen LogP contribution in [0, 0.1) is 5.82 Å². The first kappa shape index (κ1) is 25.5. The molecule has 0 amide bonds. The number of rotatable bonds is 8. The van der Waals surface area contributed by atoms with Gasteiger partial charge in [0.2, 0.25) is 20.0 Å². The van der Waals surface area contributed by atoms with Crippen molar-refractivity contribution in [2.75, 3.05) is 0 Å². The summed E-state index contributed by atoms with van der Waals surface area (Å²) in [6, 6.07) is 7.20. The second kappa shape index (κ2) is 9.36. The van der Waals surface area contributed by atoms with Gasteiger partial charge in [0, 0.05) is 6.54 Å². The molecule has 0 bridgehead atoms. The molecule has 0 aliphatic rings. The van der Waals surface area contributed by atoms with E-state index in [2.05, 4.69) is 18.6 Å². The van der Waals surface area contributed by atoms with E-state index in [1.807, 2.05) is 39.8 Å². The molecule has 9 heteroatoms. The van der Waals surface area contributed by atoms with Crippen LogP contribution in [0.25, 0.3) is 0 Å². The molecule has 172 valence electrons. The van der Waals surface area contributed by atoms with E-state index in [9.17, 15) is 21.2 Å². The molecule has 0 saturated heterocycles.